The molecule has 0 aliphatic rings. The van der Waals surface area contributed by atoms with E-state index >= 15 is 0 Å². The summed E-state index contributed by atoms with van der Waals surface area (Å²) >= 11 is 3.22. The fraction of sp³-hybridized carbons (Fsp3) is 0.455. The van der Waals surface area contributed by atoms with Crippen molar-refractivity contribution in [3.63, 3.8) is 0 Å². The number of rotatable bonds is 6. The fourth-order valence-electron chi connectivity index (χ4n) is 1.36. The van der Waals surface area contributed by atoms with Crippen LogP contribution in [-0.4, -0.2) is 40.5 Å². The first-order valence-electron chi connectivity index (χ1n) is 5.52. The van der Waals surface area contributed by atoms with Crippen molar-refractivity contribution in [2.45, 2.75) is 11.3 Å². The highest BCUT2D eigenvalue weighted by molar-refractivity contribution is 9.10. The first kappa shape index (κ1) is 15.4. The molecule has 0 bridgehead atoms. The minimum atomic E-state index is -3.45. The zero-order valence-corrected chi connectivity index (χ0v) is 12.9. The second kappa shape index (κ2) is 6.51. The first-order valence-corrected chi connectivity index (χ1v) is 7.80. The zero-order valence-electron chi connectivity index (χ0n) is 10.5. The Bertz CT molecular complexity index is 503. The normalized spacial score (nSPS) is 12.0. The fourth-order valence-corrected chi connectivity index (χ4v) is 2.99. The minimum Gasteiger partial charge on any atom is -0.398 e. The lowest BCUT2D eigenvalue weighted by molar-refractivity contribution is 0.400. The van der Waals surface area contributed by atoms with E-state index in [-0.39, 0.29) is 4.90 Å². The van der Waals surface area contributed by atoms with Crippen LogP contribution in [0.4, 0.5) is 5.69 Å². The molecule has 1 aromatic rings. The van der Waals surface area contributed by atoms with Gasteiger partial charge in [0.15, 0.2) is 0 Å². The molecule has 0 aliphatic heterocycles. The number of nitrogens with one attached hydrogen (secondary N) is 1. The van der Waals surface area contributed by atoms with Crippen molar-refractivity contribution in [1.82, 2.24) is 9.62 Å². The highest BCUT2D eigenvalue weighted by atomic mass is 79.9. The lowest BCUT2D eigenvalue weighted by Crippen LogP contribution is -2.27. The molecule has 0 aliphatic carbocycles. The summed E-state index contributed by atoms with van der Waals surface area (Å²) in [5, 5.41) is 0. The highest BCUT2D eigenvalue weighted by Crippen LogP contribution is 2.22. The third-order valence-electron chi connectivity index (χ3n) is 2.36. The Morgan fingerprint density at radius 1 is 1.39 bits per heavy atom. The van der Waals surface area contributed by atoms with E-state index in [0.717, 1.165) is 13.0 Å². The number of hydrogen-bond donors (Lipinski definition) is 2. The first-order chi connectivity index (χ1) is 8.33. The summed E-state index contributed by atoms with van der Waals surface area (Å²) in [5.74, 6) is 0. The SMILES string of the molecule is CN(C)CCCNS(=O)(=O)c1ccc(N)c(Br)c1. The van der Waals surface area contributed by atoms with Crippen LogP contribution < -0.4 is 10.5 Å². The molecule has 1 rings (SSSR count). The number of anilines is 1. The number of nitrogen functional groups attached to an aromatic ring is 1. The second-order valence-corrected chi connectivity index (χ2v) is 6.86. The Kier molecular flexibility index (Phi) is 5.58. The van der Waals surface area contributed by atoms with Gasteiger partial charge in [0.2, 0.25) is 10.0 Å². The molecule has 0 aromatic heterocycles. The van der Waals surface area contributed by atoms with Gasteiger partial charge in [-0.3, -0.25) is 0 Å². The van der Waals surface area contributed by atoms with E-state index in [2.05, 4.69) is 20.7 Å². The summed E-state index contributed by atoms with van der Waals surface area (Å²) in [4.78, 5) is 2.22. The molecule has 7 heteroatoms. The standard InChI is InChI=1S/C11H18BrN3O2S/c1-15(2)7-3-6-14-18(16,17)9-4-5-11(13)10(12)8-9/h4-5,8,14H,3,6-7,13H2,1-2H3. The van der Waals surface area contributed by atoms with Gasteiger partial charge in [-0.1, -0.05) is 0 Å². The van der Waals surface area contributed by atoms with Gasteiger partial charge in [-0.15, -0.1) is 0 Å². The molecule has 5 nitrogen and oxygen atoms in total. The largest absolute Gasteiger partial charge is 0.398 e. The molecule has 0 heterocycles. The molecule has 0 amide bonds. The van der Waals surface area contributed by atoms with Crippen LogP contribution in [0.3, 0.4) is 0 Å². The van der Waals surface area contributed by atoms with E-state index in [1.807, 2.05) is 19.0 Å². The van der Waals surface area contributed by atoms with Crippen molar-refractivity contribution >= 4 is 31.6 Å². The van der Waals surface area contributed by atoms with Gasteiger partial charge in [0, 0.05) is 16.7 Å². The van der Waals surface area contributed by atoms with Crippen LogP contribution in [-0.2, 0) is 10.0 Å². The number of hydrogen-bond acceptors (Lipinski definition) is 4. The van der Waals surface area contributed by atoms with Crippen molar-refractivity contribution < 1.29 is 8.42 Å². The van der Waals surface area contributed by atoms with E-state index in [9.17, 15) is 8.42 Å². The summed E-state index contributed by atoms with van der Waals surface area (Å²) in [6.07, 6.45) is 0.766. The molecule has 3 N–H and O–H groups in total. The number of nitrogens with zero attached hydrogens (tertiary/aromatic N) is 1. The maximum absolute atomic E-state index is 12.0. The number of benzene rings is 1. The van der Waals surface area contributed by atoms with E-state index < -0.39 is 10.0 Å². The molecule has 0 spiro atoms. The van der Waals surface area contributed by atoms with Crippen LogP contribution in [0.25, 0.3) is 0 Å². The van der Waals surface area contributed by atoms with Crippen molar-refractivity contribution in [3.05, 3.63) is 22.7 Å². The van der Waals surface area contributed by atoms with Gasteiger partial charge < -0.3 is 10.6 Å². The van der Waals surface area contributed by atoms with Gasteiger partial charge in [-0.2, -0.15) is 0 Å². The Labute approximate surface area is 117 Å². The average molecular weight is 336 g/mol. The molecule has 0 atom stereocenters. The number of nitrogens with two attached hydrogens (primary N) is 1. The van der Waals surface area contributed by atoms with E-state index in [1.54, 1.807) is 6.07 Å². The summed E-state index contributed by atoms with van der Waals surface area (Å²) < 4.78 is 27.1. The molecule has 0 unspecified atom stereocenters. The molecule has 0 fully saturated rings. The van der Waals surface area contributed by atoms with E-state index in [0.29, 0.717) is 16.7 Å². The van der Waals surface area contributed by atoms with Crippen molar-refractivity contribution in [2.75, 3.05) is 32.9 Å². The summed E-state index contributed by atoms with van der Waals surface area (Å²) in [7, 11) is 0.448. The van der Waals surface area contributed by atoms with Gasteiger partial charge in [-0.25, -0.2) is 13.1 Å². The van der Waals surface area contributed by atoms with Crippen LogP contribution in [0.1, 0.15) is 6.42 Å². The maximum atomic E-state index is 12.0. The number of halogens is 1. The molecule has 0 saturated carbocycles. The van der Waals surface area contributed by atoms with Crippen LogP contribution in [0.2, 0.25) is 0 Å². The van der Waals surface area contributed by atoms with Crippen molar-refractivity contribution in [2.24, 2.45) is 0 Å². The van der Waals surface area contributed by atoms with Crippen LogP contribution in [0.15, 0.2) is 27.6 Å². The summed E-state index contributed by atoms with van der Waals surface area (Å²) in [6.45, 7) is 1.26. The second-order valence-electron chi connectivity index (χ2n) is 4.24. The van der Waals surface area contributed by atoms with Crippen LogP contribution in [0, 0.1) is 0 Å². The third-order valence-corrected chi connectivity index (χ3v) is 4.50. The lowest BCUT2D eigenvalue weighted by atomic mass is 10.3. The monoisotopic (exact) mass is 335 g/mol. The Morgan fingerprint density at radius 2 is 2.06 bits per heavy atom. The Morgan fingerprint density at radius 3 is 2.61 bits per heavy atom. The summed E-state index contributed by atoms with van der Waals surface area (Å²) in [6, 6.07) is 4.57. The molecule has 1 aromatic carbocycles. The zero-order chi connectivity index (χ0) is 13.8. The van der Waals surface area contributed by atoms with E-state index in [4.69, 9.17) is 5.73 Å². The van der Waals surface area contributed by atoms with Crippen LogP contribution in [0.5, 0.6) is 0 Å². The molecule has 0 radical (unpaired) electrons. The minimum absolute atomic E-state index is 0.216. The topological polar surface area (TPSA) is 75.4 Å². The predicted molar refractivity (Wildman–Crippen MR) is 76.9 cm³/mol. The molecule has 102 valence electrons. The van der Waals surface area contributed by atoms with Crippen molar-refractivity contribution in [1.29, 1.82) is 0 Å². The molecular weight excluding hydrogens is 318 g/mol. The van der Waals surface area contributed by atoms with Gasteiger partial charge in [0.1, 0.15) is 0 Å². The van der Waals surface area contributed by atoms with Gasteiger partial charge in [-0.05, 0) is 61.2 Å². The molecular formula is C11H18BrN3O2S. The smallest absolute Gasteiger partial charge is 0.240 e. The van der Waals surface area contributed by atoms with Gasteiger partial charge >= 0.3 is 0 Å². The lowest BCUT2D eigenvalue weighted by Gasteiger charge is -2.10. The van der Waals surface area contributed by atoms with Crippen molar-refractivity contribution in [3.8, 4) is 0 Å². The third kappa shape index (κ3) is 4.56. The number of sulfonamides is 1. The maximum Gasteiger partial charge on any atom is 0.240 e. The quantitative estimate of drug-likeness (QED) is 0.606. The highest BCUT2D eigenvalue weighted by Gasteiger charge is 2.14. The average Bonchev–Trinajstić information content (AvgIpc) is 2.28. The molecule has 0 saturated heterocycles. The Balaban J connectivity index is 2.66. The molecule has 18 heavy (non-hydrogen) atoms. The van der Waals surface area contributed by atoms with Gasteiger partial charge in [0.05, 0.1) is 4.90 Å². The predicted octanol–water partition coefficient (Wildman–Crippen LogP) is 1.26. The Hall–Kier alpha value is -0.630. The van der Waals surface area contributed by atoms with Crippen LogP contribution >= 0.6 is 15.9 Å². The van der Waals surface area contributed by atoms with E-state index in [1.165, 1.54) is 12.1 Å². The summed E-state index contributed by atoms with van der Waals surface area (Å²) in [5.41, 5.74) is 6.13. The van der Waals surface area contributed by atoms with Gasteiger partial charge in [0.25, 0.3) is 0 Å².